The minimum absolute atomic E-state index is 0.0445. The van der Waals surface area contributed by atoms with Crippen LogP contribution < -0.4 is 10.6 Å². The Morgan fingerprint density at radius 2 is 1.53 bits per heavy atom. The number of carboxylic acid groups (broad SMARTS) is 1. The van der Waals surface area contributed by atoms with Crippen molar-refractivity contribution >= 4 is 56.7 Å². The minimum atomic E-state index is -3.99. The number of sulfonamides is 1. The maximum Gasteiger partial charge on any atom is 0.326 e. The van der Waals surface area contributed by atoms with E-state index in [0.717, 1.165) is 5.56 Å². The van der Waals surface area contributed by atoms with Gasteiger partial charge in [0, 0.05) is 18.2 Å². The molecule has 6 rings (SSSR count). The van der Waals surface area contributed by atoms with Gasteiger partial charge in [-0.1, -0.05) is 59.1 Å². The van der Waals surface area contributed by atoms with Gasteiger partial charge in [0.2, 0.25) is 15.9 Å². The number of halogens is 2. The summed E-state index contributed by atoms with van der Waals surface area (Å²) in [4.78, 5) is 38.7. The zero-order valence-electron chi connectivity index (χ0n) is 23.3. The van der Waals surface area contributed by atoms with Crippen LogP contribution in [0.5, 0.6) is 0 Å². The largest absolute Gasteiger partial charge is 0.480 e. The van der Waals surface area contributed by atoms with Gasteiger partial charge in [0.25, 0.3) is 5.91 Å². The number of carbonyl (C=O) groups excluding carboxylic acids is 2. The van der Waals surface area contributed by atoms with Crippen molar-refractivity contribution in [1.29, 1.82) is 0 Å². The van der Waals surface area contributed by atoms with Crippen molar-refractivity contribution < 1.29 is 27.9 Å². The summed E-state index contributed by atoms with van der Waals surface area (Å²) in [7, 11) is -3.99. The number of rotatable bonds is 9. The van der Waals surface area contributed by atoms with Gasteiger partial charge < -0.3 is 15.7 Å². The molecule has 9 nitrogen and oxygen atoms in total. The van der Waals surface area contributed by atoms with Crippen LogP contribution in [0.4, 0.5) is 5.69 Å². The molecule has 0 spiro atoms. The van der Waals surface area contributed by atoms with Crippen molar-refractivity contribution in [2.45, 2.75) is 62.0 Å². The number of nitrogens with one attached hydrogen (secondary N) is 2. The average Bonchev–Trinajstić information content (AvgIpc) is 2.98. The van der Waals surface area contributed by atoms with E-state index in [2.05, 4.69) is 10.6 Å². The van der Waals surface area contributed by atoms with E-state index >= 15 is 0 Å². The topological polar surface area (TPSA) is 133 Å². The first-order valence-electron chi connectivity index (χ1n) is 13.9. The number of amides is 2. The molecule has 43 heavy (non-hydrogen) atoms. The number of fused-ring (bicyclic) bond motifs is 3. The van der Waals surface area contributed by atoms with Crippen molar-refractivity contribution in [3.8, 4) is 0 Å². The summed E-state index contributed by atoms with van der Waals surface area (Å²) >= 11 is 12.2. The van der Waals surface area contributed by atoms with Crippen molar-refractivity contribution in [1.82, 2.24) is 9.62 Å². The molecule has 2 saturated heterocycles. The molecule has 226 valence electrons. The first kappa shape index (κ1) is 31.0. The maximum absolute atomic E-state index is 13.7. The van der Waals surface area contributed by atoms with Crippen LogP contribution >= 0.6 is 23.2 Å². The third kappa shape index (κ3) is 6.57. The molecule has 3 aromatic rings. The van der Waals surface area contributed by atoms with Gasteiger partial charge in [0.05, 0.1) is 20.5 Å². The van der Waals surface area contributed by atoms with Gasteiger partial charge in [-0.3, -0.25) is 9.59 Å². The SMILES string of the molecule is Cc1ccc(S(=O)(=O)N2C3CCC(CC3)C2C(=O)N[C@@H](Cc2ccc(NC(=O)c3c(Cl)cccc3Cl)cc2)C(=O)O)cc1. The molecule has 0 radical (unpaired) electrons. The maximum atomic E-state index is 13.7. The molecule has 2 aliphatic heterocycles. The predicted octanol–water partition coefficient (Wildman–Crippen LogP) is 5.30. The van der Waals surface area contributed by atoms with Crippen LogP contribution in [-0.4, -0.2) is 53.7 Å². The zero-order chi connectivity index (χ0) is 30.9. The fourth-order valence-corrected chi connectivity index (χ4v) is 8.40. The van der Waals surface area contributed by atoms with Gasteiger partial charge in [-0.2, -0.15) is 4.31 Å². The number of hydrogen-bond acceptors (Lipinski definition) is 5. The van der Waals surface area contributed by atoms with Gasteiger partial charge in [-0.15, -0.1) is 0 Å². The smallest absolute Gasteiger partial charge is 0.326 e. The molecule has 2 atom stereocenters. The molecule has 3 fully saturated rings. The lowest BCUT2D eigenvalue weighted by molar-refractivity contribution is -0.143. The first-order valence-corrected chi connectivity index (χ1v) is 16.1. The minimum Gasteiger partial charge on any atom is -0.480 e. The Bertz CT molecular complexity index is 1620. The lowest BCUT2D eigenvalue weighted by Crippen LogP contribution is -2.63. The molecule has 2 amide bonds. The molecule has 2 heterocycles. The van der Waals surface area contributed by atoms with Crippen LogP contribution in [0.15, 0.2) is 71.6 Å². The summed E-state index contributed by atoms with van der Waals surface area (Å²) in [5, 5.41) is 15.7. The van der Waals surface area contributed by atoms with Crippen LogP contribution in [0.25, 0.3) is 0 Å². The summed E-state index contributed by atoms with van der Waals surface area (Å²) < 4.78 is 28.8. The number of anilines is 1. The molecule has 1 aliphatic carbocycles. The Balaban J connectivity index is 1.30. The van der Waals surface area contributed by atoms with Gasteiger partial charge in [0.1, 0.15) is 12.1 Å². The standard InChI is InChI=1S/C31H31Cl2N3O6S/c1-18-5-15-23(16-6-18)43(41,42)36-22-13-9-20(10-14-22)28(36)30(38)35-26(31(39)40)17-19-7-11-21(12-8-19)34-29(37)27-24(32)3-2-4-25(27)33/h2-8,11-12,15-16,20,22,26,28H,9-10,13-14,17H2,1H3,(H,34,37)(H,35,38)(H,39,40)/t20?,22?,26-,28?/m0/s1. The summed E-state index contributed by atoms with van der Waals surface area (Å²) in [5.74, 6) is -2.55. The Labute approximate surface area is 260 Å². The number of carbonyl (C=O) groups is 3. The summed E-state index contributed by atoms with van der Waals surface area (Å²) in [6, 6.07) is 15.1. The third-order valence-corrected chi connectivity index (χ3v) is 10.7. The second-order valence-electron chi connectivity index (χ2n) is 11.0. The summed E-state index contributed by atoms with van der Waals surface area (Å²) in [6.45, 7) is 1.86. The molecule has 2 bridgehead atoms. The van der Waals surface area contributed by atoms with Crippen molar-refractivity contribution in [2.24, 2.45) is 5.92 Å². The van der Waals surface area contributed by atoms with Crippen molar-refractivity contribution in [3.05, 3.63) is 93.5 Å². The Kier molecular flexibility index (Phi) is 9.12. The normalized spacial score (nSPS) is 20.8. The van der Waals surface area contributed by atoms with E-state index in [-0.39, 0.29) is 38.9 Å². The van der Waals surface area contributed by atoms with Crippen LogP contribution in [0.3, 0.4) is 0 Å². The number of carboxylic acids is 1. The molecule has 3 aliphatic rings. The molecule has 12 heteroatoms. The monoisotopic (exact) mass is 643 g/mol. The fraction of sp³-hybridized carbons (Fsp3) is 0.323. The van der Waals surface area contributed by atoms with E-state index < -0.39 is 39.9 Å². The lowest BCUT2D eigenvalue weighted by atomic mass is 9.76. The second kappa shape index (κ2) is 12.7. The fourth-order valence-electron chi connectivity index (χ4n) is 5.94. The highest BCUT2D eigenvalue weighted by molar-refractivity contribution is 7.89. The highest BCUT2D eigenvalue weighted by atomic mass is 35.5. The van der Waals surface area contributed by atoms with Gasteiger partial charge in [0.15, 0.2) is 0 Å². The van der Waals surface area contributed by atoms with E-state index in [1.54, 1.807) is 54.6 Å². The molecule has 3 aromatic carbocycles. The third-order valence-electron chi connectivity index (χ3n) is 8.14. The quantitative estimate of drug-likeness (QED) is 0.290. The molecule has 3 N–H and O–H groups in total. The van der Waals surface area contributed by atoms with Crippen LogP contribution in [-0.2, 0) is 26.0 Å². The van der Waals surface area contributed by atoms with Crippen LogP contribution in [0.1, 0.15) is 47.2 Å². The van der Waals surface area contributed by atoms with Gasteiger partial charge in [-0.25, -0.2) is 13.2 Å². The highest BCUT2D eigenvalue weighted by Crippen LogP contribution is 2.43. The van der Waals surface area contributed by atoms with E-state index in [1.165, 1.54) is 16.4 Å². The summed E-state index contributed by atoms with van der Waals surface area (Å²) in [5.41, 5.74) is 2.09. The number of aliphatic carboxylic acids is 1. The molecular weight excluding hydrogens is 613 g/mol. The Morgan fingerprint density at radius 3 is 2.12 bits per heavy atom. The zero-order valence-corrected chi connectivity index (χ0v) is 25.6. The average molecular weight is 645 g/mol. The Morgan fingerprint density at radius 1 is 0.930 bits per heavy atom. The van der Waals surface area contributed by atoms with Crippen LogP contribution in [0.2, 0.25) is 10.0 Å². The number of aryl methyl sites for hydroxylation is 1. The second-order valence-corrected chi connectivity index (χ2v) is 13.7. The van der Waals surface area contributed by atoms with E-state index in [4.69, 9.17) is 23.2 Å². The number of benzene rings is 3. The molecule has 1 saturated carbocycles. The lowest BCUT2D eigenvalue weighted by Gasteiger charge is -2.49. The van der Waals surface area contributed by atoms with E-state index in [1.807, 2.05) is 6.92 Å². The number of nitrogens with zero attached hydrogens (tertiary/aromatic N) is 1. The molecule has 0 aromatic heterocycles. The van der Waals surface area contributed by atoms with Gasteiger partial charge >= 0.3 is 5.97 Å². The Hall–Kier alpha value is -3.44. The van der Waals surface area contributed by atoms with Crippen molar-refractivity contribution in [2.75, 3.05) is 5.32 Å². The highest BCUT2D eigenvalue weighted by Gasteiger charge is 2.51. The van der Waals surface area contributed by atoms with Crippen molar-refractivity contribution in [3.63, 3.8) is 0 Å². The number of piperidine rings is 2. The molecule has 1 unspecified atom stereocenters. The van der Waals surface area contributed by atoms with Gasteiger partial charge in [-0.05, 0) is 80.5 Å². The van der Waals surface area contributed by atoms with E-state index in [9.17, 15) is 27.9 Å². The van der Waals surface area contributed by atoms with Crippen LogP contribution in [0, 0.1) is 12.8 Å². The molecular formula is C31H31Cl2N3O6S. The first-order chi connectivity index (χ1) is 20.5. The van der Waals surface area contributed by atoms with E-state index in [0.29, 0.717) is 36.9 Å². The summed E-state index contributed by atoms with van der Waals surface area (Å²) in [6.07, 6.45) is 2.68. The predicted molar refractivity (Wildman–Crippen MR) is 164 cm³/mol. The number of hydrogen-bond donors (Lipinski definition) is 3.